The maximum Gasteiger partial charge on any atom is 0.112 e. The van der Waals surface area contributed by atoms with Gasteiger partial charge in [0.05, 0.1) is 6.16 Å². The van der Waals surface area contributed by atoms with Crippen molar-refractivity contribution in [1.82, 2.24) is 0 Å². The van der Waals surface area contributed by atoms with E-state index in [1.165, 1.54) is 43.7 Å². The van der Waals surface area contributed by atoms with E-state index in [-0.39, 0.29) is 0 Å². The Labute approximate surface area is 194 Å². The Morgan fingerprint density at radius 1 is 0.625 bits per heavy atom. The second-order valence-corrected chi connectivity index (χ2v) is 12.4. The second-order valence-electron chi connectivity index (χ2n) is 8.75. The van der Waals surface area contributed by atoms with Crippen molar-refractivity contribution in [2.45, 2.75) is 27.2 Å². The molecular formula is C31H32P+. The van der Waals surface area contributed by atoms with Gasteiger partial charge in [-0.2, -0.15) is 0 Å². The molecule has 0 saturated heterocycles. The molecule has 1 heteroatoms. The molecule has 0 nitrogen and oxygen atoms in total. The van der Waals surface area contributed by atoms with E-state index in [1.807, 2.05) is 6.08 Å². The molecule has 32 heavy (non-hydrogen) atoms. The SMILES string of the molecule is C=Cc1cccc(CC[P+](c2ccc(C)cc2)(c2cccc(C)c2)c2cccc(C)c2)c1. The third-order valence-corrected chi connectivity index (χ3v) is 10.7. The minimum atomic E-state index is -1.84. The topological polar surface area (TPSA) is 0 Å². The van der Waals surface area contributed by atoms with Gasteiger partial charge in [0.2, 0.25) is 0 Å². The van der Waals surface area contributed by atoms with Crippen LogP contribution >= 0.6 is 7.26 Å². The van der Waals surface area contributed by atoms with Gasteiger partial charge in [-0.3, -0.25) is 0 Å². The predicted molar refractivity (Wildman–Crippen MR) is 144 cm³/mol. The van der Waals surface area contributed by atoms with Crippen LogP contribution in [0.4, 0.5) is 0 Å². The van der Waals surface area contributed by atoms with Crippen molar-refractivity contribution in [3.8, 4) is 0 Å². The molecule has 0 aliphatic heterocycles. The zero-order chi connectivity index (χ0) is 22.6. The highest BCUT2D eigenvalue weighted by atomic mass is 31.2. The van der Waals surface area contributed by atoms with E-state index in [0.717, 1.165) is 12.6 Å². The molecule has 0 aromatic heterocycles. The summed E-state index contributed by atoms with van der Waals surface area (Å²) in [4.78, 5) is 0. The van der Waals surface area contributed by atoms with Crippen molar-refractivity contribution in [3.63, 3.8) is 0 Å². The zero-order valence-corrected chi connectivity index (χ0v) is 20.3. The highest BCUT2D eigenvalue weighted by Crippen LogP contribution is 2.56. The van der Waals surface area contributed by atoms with Crippen molar-refractivity contribution < 1.29 is 0 Å². The van der Waals surface area contributed by atoms with Crippen LogP contribution in [-0.4, -0.2) is 6.16 Å². The van der Waals surface area contributed by atoms with Gasteiger partial charge in [0.15, 0.2) is 0 Å². The number of hydrogen-bond acceptors (Lipinski definition) is 0. The van der Waals surface area contributed by atoms with E-state index in [4.69, 9.17) is 0 Å². The van der Waals surface area contributed by atoms with Gasteiger partial charge in [0.1, 0.15) is 23.2 Å². The summed E-state index contributed by atoms with van der Waals surface area (Å²) in [6, 6.07) is 36.5. The average molecular weight is 436 g/mol. The standard InChI is InChI=1S/C31H32P/c1-5-27-11-8-12-28(23-27)19-20-32(29-17-15-24(2)16-18-29,30-13-6-9-25(3)21-30)31-14-7-10-26(4)22-31/h5-18,21-23H,1,19-20H2,2-4H3/q+1. The maximum absolute atomic E-state index is 3.96. The van der Waals surface area contributed by atoms with E-state index < -0.39 is 7.26 Å². The second kappa shape index (κ2) is 9.68. The van der Waals surface area contributed by atoms with Crippen LogP contribution in [0.15, 0.2) is 104 Å². The normalized spacial score (nSPS) is 11.3. The molecule has 0 aliphatic rings. The van der Waals surface area contributed by atoms with Gasteiger partial charge in [-0.1, -0.05) is 78.9 Å². The molecule has 0 N–H and O–H groups in total. The molecule has 0 saturated carbocycles. The highest BCUT2D eigenvalue weighted by molar-refractivity contribution is 7.95. The first-order valence-corrected chi connectivity index (χ1v) is 13.3. The number of rotatable bonds is 7. The first kappa shape index (κ1) is 22.3. The fraction of sp³-hybridized carbons (Fsp3) is 0.161. The molecule has 4 rings (SSSR count). The number of benzene rings is 4. The van der Waals surface area contributed by atoms with Crippen molar-refractivity contribution in [1.29, 1.82) is 0 Å². The van der Waals surface area contributed by atoms with E-state index in [0.29, 0.717) is 0 Å². The minimum Gasteiger partial charge on any atom is -0.0985 e. The summed E-state index contributed by atoms with van der Waals surface area (Å²) < 4.78 is 0. The molecule has 4 aromatic carbocycles. The van der Waals surface area contributed by atoms with Gasteiger partial charge >= 0.3 is 0 Å². The lowest BCUT2D eigenvalue weighted by Crippen LogP contribution is -2.34. The molecule has 0 amide bonds. The number of aryl methyl sites for hydroxylation is 4. The van der Waals surface area contributed by atoms with Gasteiger partial charge in [-0.25, -0.2) is 0 Å². The third-order valence-electron chi connectivity index (χ3n) is 6.28. The monoisotopic (exact) mass is 435 g/mol. The molecule has 0 heterocycles. The largest absolute Gasteiger partial charge is 0.112 e. The average Bonchev–Trinajstić information content (AvgIpc) is 2.81. The van der Waals surface area contributed by atoms with Gasteiger partial charge in [0, 0.05) is 6.42 Å². The smallest absolute Gasteiger partial charge is 0.0985 e. The first-order valence-electron chi connectivity index (χ1n) is 11.3. The maximum atomic E-state index is 3.96. The van der Waals surface area contributed by atoms with Gasteiger partial charge < -0.3 is 0 Å². The van der Waals surface area contributed by atoms with Crippen molar-refractivity contribution in [2.24, 2.45) is 0 Å². The molecule has 0 spiro atoms. The lowest BCUT2D eigenvalue weighted by Gasteiger charge is -2.28. The highest BCUT2D eigenvalue weighted by Gasteiger charge is 2.45. The van der Waals surface area contributed by atoms with Crippen molar-refractivity contribution >= 4 is 29.3 Å². The molecule has 0 bridgehead atoms. The van der Waals surface area contributed by atoms with Crippen LogP contribution in [0.1, 0.15) is 27.8 Å². The molecule has 0 fully saturated rings. The quantitative estimate of drug-likeness (QED) is 0.280. The summed E-state index contributed by atoms with van der Waals surface area (Å²) in [7, 11) is -1.84. The van der Waals surface area contributed by atoms with Crippen molar-refractivity contribution in [2.75, 3.05) is 6.16 Å². The van der Waals surface area contributed by atoms with Gasteiger partial charge in [-0.05, 0) is 79.4 Å². The summed E-state index contributed by atoms with van der Waals surface area (Å²) in [6.07, 6.45) is 4.07. The molecule has 0 aliphatic carbocycles. The fourth-order valence-electron chi connectivity index (χ4n) is 4.54. The van der Waals surface area contributed by atoms with Crippen LogP contribution in [0.25, 0.3) is 6.08 Å². The Morgan fingerprint density at radius 3 is 1.78 bits per heavy atom. The van der Waals surface area contributed by atoms with Gasteiger partial charge in [-0.15, -0.1) is 0 Å². The van der Waals surface area contributed by atoms with Crippen LogP contribution in [0.3, 0.4) is 0 Å². The Morgan fingerprint density at radius 2 is 1.22 bits per heavy atom. The first-order chi connectivity index (χ1) is 15.5. The van der Waals surface area contributed by atoms with E-state index in [9.17, 15) is 0 Å². The Balaban J connectivity index is 1.93. The summed E-state index contributed by atoms with van der Waals surface area (Å²) in [6.45, 7) is 10.5. The van der Waals surface area contributed by atoms with E-state index in [2.05, 4.69) is 124 Å². The molecule has 0 radical (unpaired) electrons. The molecule has 0 unspecified atom stereocenters. The Hall–Kier alpha value is -2.95. The molecule has 160 valence electrons. The van der Waals surface area contributed by atoms with Crippen molar-refractivity contribution in [3.05, 3.63) is 131 Å². The van der Waals surface area contributed by atoms with E-state index >= 15 is 0 Å². The summed E-state index contributed by atoms with van der Waals surface area (Å²) >= 11 is 0. The zero-order valence-electron chi connectivity index (χ0n) is 19.4. The third kappa shape index (κ3) is 4.62. The fourth-order valence-corrected chi connectivity index (χ4v) is 8.99. The molecule has 0 atom stereocenters. The van der Waals surface area contributed by atoms with Crippen LogP contribution in [-0.2, 0) is 6.42 Å². The van der Waals surface area contributed by atoms with Crippen LogP contribution in [0.2, 0.25) is 0 Å². The van der Waals surface area contributed by atoms with Gasteiger partial charge in [0.25, 0.3) is 0 Å². The molecule has 4 aromatic rings. The lowest BCUT2D eigenvalue weighted by molar-refractivity contribution is 1.14. The summed E-state index contributed by atoms with van der Waals surface area (Å²) in [5.41, 5.74) is 6.51. The summed E-state index contributed by atoms with van der Waals surface area (Å²) in [5.74, 6) is 0. The summed E-state index contributed by atoms with van der Waals surface area (Å²) in [5, 5.41) is 4.39. The predicted octanol–water partition coefficient (Wildman–Crippen LogP) is 6.79. The lowest BCUT2D eigenvalue weighted by atomic mass is 10.1. The Bertz CT molecular complexity index is 1170. The van der Waals surface area contributed by atoms with Crippen LogP contribution in [0, 0.1) is 20.8 Å². The Kier molecular flexibility index (Phi) is 6.73. The molecular weight excluding hydrogens is 403 g/mol. The number of hydrogen-bond donors (Lipinski definition) is 0. The minimum absolute atomic E-state index is 1.03. The van der Waals surface area contributed by atoms with E-state index in [1.54, 1.807) is 0 Å². The van der Waals surface area contributed by atoms with Crippen LogP contribution < -0.4 is 15.9 Å². The van der Waals surface area contributed by atoms with Crippen LogP contribution in [0.5, 0.6) is 0 Å².